The molecule has 36 heteroatoms. The van der Waals surface area contributed by atoms with Crippen LogP contribution in [0.2, 0.25) is 0 Å². The fourth-order valence-corrected chi connectivity index (χ4v) is 18.7. The number of esters is 1. The molecule has 16 atom stereocenters. The largest absolute Gasteiger partial charge is 0.460 e. The number of cyclic esters (lactones) is 1. The molecule has 8 heterocycles. The van der Waals surface area contributed by atoms with Gasteiger partial charge in [-0.15, -0.1) is 0 Å². The number of aliphatic hydroxyl groups excluding tert-OH is 3. The molecule has 5 aromatic rings. The van der Waals surface area contributed by atoms with Crippen LogP contribution in [-0.4, -0.2) is 314 Å². The number of allylic oxidation sites excluding steroid dienone is 5. The van der Waals surface area contributed by atoms with Crippen LogP contribution in [0, 0.1) is 35.5 Å². The zero-order valence-corrected chi connectivity index (χ0v) is 79.1. The lowest BCUT2D eigenvalue weighted by atomic mass is 9.78. The van der Waals surface area contributed by atoms with Crippen LogP contribution in [0.3, 0.4) is 0 Å². The first kappa shape index (κ1) is 104. The van der Waals surface area contributed by atoms with Crippen molar-refractivity contribution >= 4 is 75.1 Å². The summed E-state index contributed by atoms with van der Waals surface area (Å²) in [4.78, 5) is 108. The van der Waals surface area contributed by atoms with Crippen LogP contribution in [0.4, 0.5) is 11.8 Å². The van der Waals surface area contributed by atoms with Gasteiger partial charge in [0.05, 0.1) is 140 Å². The number of oxazole rings is 1. The zero-order valence-electron chi connectivity index (χ0n) is 79.1. The molecule has 4 fully saturated rings. The fourth-order valence-electron chi connectivity index (χ4n) is 18.7. The van der Waals surface area contributed by atoms with Crippen molar-refractivity contribution in [3.05, 3.63) is 107 Å². The van der Waals surface area contributed by atoms with Crippen LogP contribution in [-0.2, 0) is 105 Å². The number of aliphatic hydroxyl groups is 4. The molecule has 11 rings (SSSR count). The average molecular weight is 1860 g/mol. The molecule has 3 aromatic heterocycles. The number of fused-ring (bicyclic) bond motifs is 6. The Balaban J connectivity index is 0.552. The number of aromatic nitrogens is 5. The number of Topliss-reactive ketones (excluding diaryl/α,β-unsaturated/α-hetero) is 1. The van der Waals surface area contributed by atoms with E-state index >= 15 is 0 Å². The van der Waals surface area contributed by atoms with E-state index in [9.17, 15) is 49.2 Å². The number of nitrogens with one attached hydrogen (secondary N) is 2. The second-order valence-electron chi connectivity index (χ2n) is 36.4. The molecular formula is C97H143N13O23. The Hall–Kier alpha value is -9.09. The van der Waals surface area contributed by atoms with Crippen molar-refractivity contribution in [2.24, 2.45) is 40.7 Å². The van der Waals surface area contributed by atoms with Crippen molar-refractivity contribution in [1.82, 2.24) is 50.1 Å². The van der Waals surface area contributed by atoms with Gasteiger partial charge in [0.25, 0.3) is 23.6 Å². The van der Waals surface area contributed by atoms with E-state index in [1.54, 1.807) is 47.1 Å². The summed E-state index contributed by atoms with van der Waals surface area (Å²) in [6.07, 6.45) is 13.8. The topological polar surface area (TPSA) is 462 Å². The molecule has 4 amide bonds. The van der Waals surface area contributed by atoms with Crippen molar-refractivity contribution in [3.63, 3.8) is 0 Å². The minimum absolute atomic E-state index is 0.0339. The highest BCUT2D eigenvalue weighted by Gasteiger charge is 2.53. The number of hydrogen-bond donors (Lipinski definition) is 8. The van der Waals surface area contributed by atoms with Gasteiger partial charge in [-0.2, -0.15) is 10.1 Å². The van der Waals surface area contributed by atoms with Gasteiger partial charge in [-0.1, -0.05) is 94.4 Å². The minimum Gasteiger partial charge on any atom is -0.460 e. The lowest BCUT2D eigenvalue weighted by Gasteiger charge is -2.43. The molecule has 5 aliphatic heterocycles. The van der Waals surface area contributed by atoms with E-state index in [4.69, 9.17) is 77.9 Å². The summed E-state index contributed by atoms with van der Waals surface area (Å²) in [6.45, 7) is 20.4. The average Bonchev–Trinajstić information content (AvgIpc) is 0.932. The van der Waals surface area contributed by atoms with Gasteiger partial charge in [0.1, 0.15) is 47.7 Å². The summed E-state index contributed by atoms with van der Waals surface area (Å²) in [6, 6.07) is 10.6. The number of amides is 4. The van der Waals surface area contributed by atoms with E-state index < -0.39 is 96.6 Å². The molecule has 133 heavy (non-hydrogen) atoms. The second kappa shape index (κ2) is 52.3. The maximum Gasteiger partial charge on any atom is 0.329 e. The Labute approximate surface area is 779 Å². The van der Waals surface area contributed by atoms with Crippen LogP contribution in [0.1, 0.15) is 161 Å². The van der Waals surface area contributed by atoms with Crippen molar-refractivity contribution in [1.29, 1.82) is 0 Å². The zero-order chi connectivity index (χ0) is 95.1. The smallest absolute Gasteiger partial charge is 0.329 e. The number of nitrogens with two attached hydrogens (primary N) is 2. The number of hydrogen-bond acceptors (Lipinski definition) is 31. The summed E-state index contributed by atoms with van der Waals surface area (Å²) in [5.74, 6) is -7.58. The molecule has 2 aromatic carbocycles. The molecule has 734 valence electrons. The van der Waals surface area contributed by atoms with E-state index in [2.05, 4.69) is 48.9 Å². The molecule has 1 saturated carbocycles. The van der Waals surface area contributed by atoms with E-state index in [0.717, 1.165) is 28.7 Å². The van der Waals surface area contributed by atoms with Gasteiger partial charge in [0.2, 0.25) is 17.6 Å². The molecule has 36 nitrogen and oxygen atoms in total. The SMILES string of the molecule is CO[C@H]1C[C@@H]2CC[C@@H](C)[C@@](O)(O2)C(=O)C(=O)N2CCCC[C@H]2C(=O)O[C@H]([C@H](C)C[C@@H]2CC[C@@H](O)[C@H](OC)C2)C[C@@H](O)[C@H](C)/C=C(\C)[C@@H](O)[C@@H](OC)/C(=N/OCC(=O)NC2CCN(CC(=O)NCCOCCOCCOCCOCCOCCOCCC(=O)N3CCc4cc(Cn5nc(-c6ccc7oc(N)nc7c6)c6c(N)ncnc65)ccc4C3)CC2)[C@H](C)C[C@H](C)/C=C/C=C/C=C/1C. The lowest BCUT2D eigenvalue weighted by molar-refractivity contribution is -0.265. The standard InChI is InChI=1S/C97H143N13O23/c1-61-16-12-11-13-17-62(2)80(121-8)54-74-24-19-67(7)97(120,133-74)91(117)94(118)109-32-15-14-18-76(109)95(119)131-81(64(4)50-68-21-25-77(111)82(52-68)122-9)55-78(112)63(3)49-66(6)89(116)90(123-10)87(65(5)48-61)106-130-59-84(114)103-73-28-33-107(34-29-73)58-83(113)100-31-37-125-39-41-127-43-45-129-47-46-128-44-42-126-40-38-124-36-30-85(115)108-35-27-70-51-69(20-22-72(70)57-108)56-110-93-86(92(98)101-60-102-93)88(105-110)71-23-26-79-75(53-71)104-96(99)132-79/h11-13,16-17,20,22-23,26,49,51,53,60-61,63-65,67-68,73-74,76-78,80-82,89-90,111-112,116,120H,14-15,18-19,21,24-25,27-48,50,52,54-59H2,1-10H3,(H2,99,104)(H,100,113)(H,103,114)(H2,98,101,102)/b13-11+,16-12+,62-17+,66-49+,106-87+/t61-,63-,64-,65-,67-,68+,74+,76+,77-,78-,80+,81+,82-,89-,90+,97-/m1/s1. The molecule has 0 spiro atoms. The molecule has 3 saturated heterocycles. The highest BCUT2D eigenvalue weighted by Crippen LogP contribution is 2.40. The number of benzene rings is 2. The van der Waals surface area contributed by atoms with Crippen LogP contribution in [0.15, 0.2) is 99.9 Å². The van der Waals surface area contributed by atoms with Gasteiger partial charge in [-0.25, -0.2) is 19.4 Å². The lowest BCUT2D eigenvalue weighted by Crippen LogP contribution is -2.61. The van der Waals surface area contributed by atoms with Gasteiger partial charge < -0.3 is 114 Å². The van der Waals surface area contributed by atoms with Crippen molar-refractivity contribution in [2.45, 2.75) is 231 Å². The molecule has 0 radical (unpaired) electrons. The van der Waals surface area contributed by atoms with Crippen molar-refractivity contribution < 1.29 is 111 Å². The number of methoxy groups -OCH3 is 3. The maximum absolute atomic E-state index is 14.8. The number of ketones is 1. The normalized spacial score (nSPS) is 28.1. The Kier molecular flexibility index (Phi) is 41.0. The summed E-state index contributed by atoms with van der Waals surface area (Å²) in [7, 11) is 4.61. The highest BCUT2D eigenvalue weighted by atomic mass is 16.6. The van der Waals surface area contributed by atoms with Gasteiger partial charge in [0, 0.05) is 103 Å². The molecule has 1 aliphatic carbocycles. The van der Waals surface area contributed by atoms with Crippen LogP contribution in [0.25, 0.3) is 33.4 Å². The van der Waals surface area contributed by atoms with Gasteiger partial charge >= 0.3 is 5.97 Å². The number of oxime groups is 1. The number of ether oxygens (including phenoxy) is 11. The predicted molar refractivity (Wildman–Crippen MR) is 496 cm³/mol. The maximum atomic E-state index is 14.8. The van der Waals surface area contributed by atoms with E-state index in [-0.39, 0.29) is 92.4 Å². The third-order valence-electron chi connectivity index (χ3n) is 26.5. The monoisotopic (exact) mass is 1860 g/mol. The molecule has 6 aliphatic rings. The number of carbonyl (C=O) groups excluding carboxylic acids is 6. The van der Waals surface area contributed by atoms with Crippen molar-refractivity contribution in [3.8, 4) is 11.3 Å². The number of anilines is 2. The van der Waals surface area contributed by atoms with Gasteiger partial charge in [-0.05, 0) is 161 Å². The number of carbonyl (C=O) groups is 6. The number of nitrogens with zero attached hydrogens (tertiary/aromatic N) is 9. The first-order valence-electron chi connectivity index (χ1n) is 47.4. The number of rotatable bonds is 36. The minimum atomic E-state index is -2.47. The summed E-state index contributed by atoms with van der Waals surface area (Å²) >= 11 is 0. The Morgan fingerprint density at radius 3 is 2.14 bits per heavy atom. The number of likely N-dealkylation sites (tertiary alicyclic amines) is 1. The molecular weight excluding hydrogens is 1720 g/mol. The Bertz CT molecular complexity index is 4740. The van der Waals surface area contributed by atoms with E-state index in [0.29, 0.717) is 234 Å². The fraction of sp³-hybridized carbons (Fsp3) is 0.660. The molecule has 10 N–H and O–H groups in total. The quantitative estimate of drug-likeness (QED) is 0.00625. The van der Waals surface area contributed by atoms with E-state index in [1.807, 2.05) is 84.7 Å². The van der Waals surface area contributed by atoms with Gasteiger partial charge in [0.15, 0.2) is 17.8 Å². The number of nitrogen functional groups attached to an aromatic ring is 2. The highest BCUT2D eigenvalue weighted by molar-refractivity contribution is 6.39. The van der Waals surface area contributed by atoms with Crippen LogP contribution in [0.5, 0.6) is 0 Å². The summed E-state index contributed by atoms with van der Waals surface area (Å²) in [5, 5.41) is 63.5. The molecule has 0 unspecified atom stereocenters. The Morgan fingerprint density at radius 2 is 1.44 bits per heavy atom. The first-order chi connectivity index (χ1) is 64.1. The first-order valence-corrected chi connectivity index (χ1v) is 47.4. The third-order valence-corrected chi connectivity index (χ3v) is 26.5. The second-order valence-corrected chi connectivity index (χ2v) is 36.4. The van der Waals surface area contributed by atoms with E-state index in [1.165, 1.54) is 23.9 Å². The molecule has 2 bridgehead atoms. The summed E-state index contributed by atoms with van der Waals surface area (Å²) < 4.78 is 71.6. The third kappa shape index (κ3) is 30.2. The summed E-state index contributed by atoms with van der Waals surface area (Å²) in [5.41, 5.74) is 20.3. The number of piperidine rings is 2. The van der Waals surface area contributed by atoms with Gasteiger partial charge in [-0.3, -0.25) is 28.9 Å². The van der Waals surface area contributed by atoms with Crippen LogP contribution < -0.4 is 22.1 Å². The predicted octanol–water partition coefficient (Wildman–Crippen LogP) is 7.71. The Morgan fingerprint density at radius 1 is 0.722 bits per heavy atom. The van der Waals surface area contributed by atoms with Crippen LogP contribution >= 0.6 is 0 Å². The van der Waals surface area contributed by atoms with Crippen molar-refractivity contribution in [2.75, 3.05) is 158 Å².